The molecule has 1 N–H and O–H groups in total. The van der Waals surface area contributed by atoms with Crippen molar-refractivity contribution in [2.45, 2.75) is 19.9 Å². The maximum atomic E-state index is 5.52. The van der Waals surface area contributed by atoms with Crippen LogP contribution in [-0.4, -0.2) is 14.2 Å². The zero-order valence-electron chi connectivity index (χ0n) is 12.3. The lowest BCUT2D eigenvalue weighted by Gasteiger charge is -2.23. The number of rotatable bonds is 4. The first-order valence-electron chi connectivity index (χ1n) is 6.65. The topological polar surface area (TPSA) is 21.3 Å². The first-order chi connectivity index (χ1) is 9.58. The van der Waals surface area contributed by atoms with E-state index in [9.17, 15) is 0 Å². The Bertz CT molecular complexity index is 590. The van der Waals surface area contributed by atoms with Crippen LogP contribution < -0.4 is 10.1 Å². The standard InChI is InChI=1S/C17H20BrNO/c1-11-6-5-7-12(2)16(11)17(19-3)14-10-13(18)8-9-15(14)20-4/h5-10,17,19H,1-4H3. The second kappa shape index (κ2) is 6.42. The Morgan fingerprint density at radius 2 is 1.75 bits per heavy atom. The van der Waals surface area contributed by atoms with E-state index < -0.39 is 0 Å². The maximum absolute atomic E-state index is 5.52. The highest BCUT2D eigenvalue weighted by Crippen LogP contribution is 2.34. The van der Waals surface area contributed by atoms with Gasteiger partial charge in [-0.15, -0.1) is 0 Å². The van der Waals surface area contributed by atoms with Crippen LogP contribution in [0.1, 0.15) is 28.3 Å². The molecule has 0 aromatic heterocycles. The van der Waals surface area contributed by atoms with Crippen LogP contribution in [0.15, 0.2) is 40.9 Å². The van der Waals surface area contributed by atoms with Gasteiger partial charge in [-0.25, -0.2) is 0 Å². The summed E-state index contributed by atoms with van der Waals surface area (Å²) in [6, 6.07) is 12.6. The van der Waals surface area contributed by atoms with Crippen molar-refractivity contribution in [2.75, 3.05) is 14.2 Å². The van der Waals surface area contributed by atoms with Crippen molar-refractivity contribution >= 4 is 15.9 Å². The maximum Gasteiger partial charge on any atom is 0.124 e. The average Bonchev–Trinajstić information content (AvgIpc) is 2.43. The minimum absolute atomic E-state index is 0.114. The van der Waals surface area contributed by atoms with Crippen molar-refractivity contribution in [3.63, 3.8) is 0 Å². The molecule has 0 heterocycles. The van der Waals surface area contributed by atoms with E-state index in [0.717, 1.165) is 15.8 Å². The van der Waals surface area contributed by atoms with Gasteiger partial charge in [0, 0.05) is 10.0 Å². The Morgan fingerprint density at radius 3 is 2.30 bits per heavy atom. The smallest absolute Gasteiger partial charge is 0.124 e. The molecule has 0 spiro atoms. The summed E-state index contributed by atoms with van der Waals surface area (Å²) < 4.78 is 6.58. The van der Waals surface area contributed by atoms with Gasteiger partial charge in [-0.1, -0.05) is 34.1 Å². The van der Waals surface area contributed by atoms with E-state index in [4.69, 9.17) is 4.74 Å². The minimum atomic E-state index is 0.114. The fraction of sp³-hybridized carbons (Fsp3) is 0.294. The molecule has 1 atom stereocenters. The van der Waals surface area contributed by atoms with Crippen molar-refractivity contribution in [1.82, 2.24) is 5.32 Å². The summed E-state index contributed by atoms with van der Waals surface area (Å²) in [6.45, 7) is 4.30. The third-order valence-electron chi connectivity index (χ3n) is 3.62. The van der Waals surface area contributed by atoms with Gasteiger partial charge in [-0.05, 0) is 55.8 Å². The Kier molecular flexibility index (Phi) is 4.84. The average molecular weight is 334 g/mol. The van der Waals surface area contributed by atoms with E-state index in [0.29, 0.717) is 0 Å². The number of aryl methyl sites for hydroxylation is 2. The van der Waals surface area contributed by atoms with Crippen LogP contribution in [0.25, 0.3) is 0 Å². The Labute approximate surface area is 129 Å². The summed E-state index contributed by atoms with van der Waals surface area (Å²) in [6.07, 6.45) is 0. The molecule has 0 fully saturated rings. The third-order valence-corrected chi connectivity index (χ3v) is 4.12. The highest BCUT2D eigenvalue weighted by molar-refractivity contribution is 9.10. The van der Waals surface area contributed by atoms with Gasteiger partial charge in [0.25, 0.3) is 0 Å². The SMILES string of the molecule is CNC(c1cc(Br)ccc1OC)c1c(C)cccc1C. The van der Waals surface area contributed by atoms with E-state index in [1.807, 2.05) is 19.2 Å². The molecule has 0 bridgehead atoms. The molecule has 0 radical (unpaired) electrons. The molecule has 0 aliphatic rings. The minimum Gasteiger partial charge on any atom is -0.496 e. The van der Waals surface area contributed by atoms with E-state index in [2.05, 4.69) is 59.4 Å². The molecule has 106 valence electrons. The van der Waals surface area contributed by atoms with Crippen molar-refractivity contribution in [1.29, 1.82) is 0 Å². The van der Waals surface area contributed by atoms with Crippen molar-refractivity contribution in [3.05, 3.63) is 63.1 Å². The molecular weight excluding hydrogens is 314 g/mol. The molecule has 0 saturated carbocycles. The van der Waals surface area contributed by atoms with Gasteiger partial charge in [0.05, 0.1) is 13.2 Å². The summed E-state index contributed by atoms with van der Waals surface area (Å²) in [5.41, 5.74) is 5.02. The van der Waals surface area contributed by atoms with Crippen molar-refractivity contribution < 1.29 is 4.74 Å². The number of nitrogens with one attached hydrogen (secondary N) is 1. The molecule has 2 aromatic rings. The summed E-state index contributed by atoms with van der Waals surface area (Å²) in [5, 5.41) is 3.42. The molecule has 0 saturated heterocycles. The highest BCUT2D eigenvalue weighted by atomic mass is 79.9. The number of halogens is 1. The molecule has 2 rings (SSSR count). The lowest BCUT2D eigenvalue weighted by molar-refractivity contribution is 0.405. The van der Waals surface area contributed by atoms with Gasteiger partial charge in [0.2, 0.25) is 0 Å². The summed E-state index contributed by atoms with van der Waals surface area (Å²) >= 11 is 3.55. The van der Waals surface area contributed by atoms with E-state index in [1.165, 1.54) is 16.7 Å². The summed E-state index contributed by atoms with van der Waals surface area (Å²) in [4.78, 5) is 0. The second-order valence-electron chi connectivity index (χ2n) is 4.91. The van der Waals surface area contributed by atoms with E-state index >= 15 is 0 Å². The molecule has 2 nitrogen and oxygen atoms in total. The van der Waals surface area contributed by atoms with Crippen LogP contribution in [0.2, 0.25) is 0 Å². The Hall–Kier alpha value is -1.32. The largest absolute Gasteiger partial charge is 0.496 e. The zero-order valence-corrected chi connectivity index (χ0v) is 13.9. The van der Waals surface area contributed by atoms with Crippen LogP contribution >= 0.6 is 15.9 Å². The lowest BCUT2D eigenvalue weighted by atomic mass is 9.91. The lowest BCUT2D eigenvalue weighted by Crippen LogP contribution is -2.20. The predicted molar refractivity (Wildman–Crippen MR) is 87.5 cm³/mol. The second-order valence-corrected chi connectivity index (χ2v) is 5.83. The number of benzene rings is 2. The van der Waals surface area contributed by atoms with Gasteiger partial charge in [-0.3, -0.25) is 0 Å². The molecule has 2 aromatic carbocycles. The number of methoxy groups -OCH3 is 1. The quantitative estimate of drug-likeness (QED) is 0.896. The molecule has 20 heavy (non-hydrogen) atoms. The van der Waals surface area contributed by atoms with Gasteiger partial charge in [-0.2, -0.15) is 0 Å². The van der Waals surface area contributed by atoms with Gasteiger partial charge in [0.1, 0.15) is 5.75 Å². The van der Waals surface area contributed by atoms with Crippen LogP contribution in [0.5, 0.6) is 5.75 Å². The first kappa shape index (κ1) is 15.1. The summed E-state index contributed by atoms with van der Waals surface area (Å²) in [5.74, 6) is 0.898. The van der Waals surface area contributed by atoms with Crippen molar-refractivity contribution in [2.24, 2.45) is 0 Å². The number of ether oxygens (including phenoxy) is 1. The molecule has 3 heteroatoms. The first-order valence-corrected chi connectivity index (χ1v) is 7.44. The molecule has 1 unspecified atom stereocenters. The normalized spacial score (nSPS) is 12.2. The van der Waals surface area contributed by atoms with Gasteiger partial charge < -0.3 is 10.1 Å². The Morgan fingerprint density at radius 1 is 1.10 bits per heavy atom. The van der Waals surface area contributed by atoms with E-state index in [1.54, 1.807) is 7.11 Å². The number of hydrogen-bond acceptors (Lipinski definition) is 2. The van der Waals surface area contributed by atoms with Crippen LogP contribution in [0.4, 0.5) is 0 Å². The molecule has 0 aliphatic heterocycles. The monoisotopic (exact) mass is 333 g/mol. The predicted octanol–water partition coefficient (Wildman–Crippen LogP) is 4.38. The zero-order chi connectivity index (χ0) is 14.7. The molecule has 0 aliphatic carbocycles. The molecule has 0 amide bonds. The van der Waals surface area contributed by atoms with Gasteiger partial charge in [0.15, 0.2) is 0 Å². The number of hydrogen-bond donors (Lipinski definition) is 1. The fourth-order valence-electron chi connectivity index (χ4n) is 2.67. The van der Waals surface area contributed by atoms with Crippen LogP contribution in [0.3, 0.4) is 0 Å². The van der Waals surface area contributed by atoms with Crippen LogP contribution in [0, 0.1) is 13.8 Å². The Balaban J connectivity index is 2.61. The fourth-order valence-corrected chi connectivity index (χ4v) is 3.05. The van der Waals surface area contributed by atoms with Crippen LogP contribution in [-0.2, 0) is 0 Å². The van der Waals surface area contributed by atoms with E-state index in [-0.39, 0.29) is 6.04 Å². The third kappa shape index (κ3) is 2.89. The van der Waals surface area contributed by atoms with Crippen molar-refractivity contribution in [3.8, 4) is 5.75 Å². The molecular formula is C17H20BrNO. The van der Waals surface area contributed by atoms with Gasteiger partial charge >= 0.3 is 0 Å². The highest BCUT2D eigenvalue weighted by Gasteiger charge is 2.20. The summed E-state index contributed by atoms with van der Waals surface area (Å²) in [7, 11) is 3.70.